The van der Waals surface area contributed by atoms with Crippen LogP contribution in [0, 0.1) is 13.8 Å². The second kappa shape index (κ2) is 9.13. The van der Waals surface area contributed by atoms with Crippen molar-refractivity contribution >= 4 is 27.3 Å². The Bertz CT molecular complexity index is 1590. The van der Waals surface area contributed by atoms with Crippen molar-refractivity contribution in [3.8, 4) is 0 Å². The SMILES string of the molecule is Cc1ccc(C)c(CN2C(=O)c3ccccc3S(=O)(=O)c3ccc(C(=O)NCc4ccco4)cc32)c1. The molecule has 0 saturated carbocycles. The van der Waals surface area contributed by atoms with Crippen molar-refractivity contribution in [3.63, 3.8) is 0 Å². The first-order valence-corrected chi connectivity index (χ1v) is 12.9. The van der Waals surface area contributed by atoms with E-state index in [4.69, 9.17) is 4.42 Å². The molecule has 0 spiro atoms. The van der Waals surface area contributed by atoms with Crippen molar-refractivity contribution in [2.45, 2.75) is 36.7 Å². The zero-order valence-electron chi connectivity index (χ0n) is 19.8. The molecule has 182 valence electrons. The summed E-state index contributed by atoms with van der Waals surface area (Å²) in [6.07, 6.45) is 1.52. The number of amides is 2. The number of aryl methyl sites for hydroxylation is 2. The zero-order chi connectivity index (χ0) is 25.4. The van der Waals surface area contributed by atoms with E-state index in [1.54, 1.807) is 24.3 Å². The summed E-state index contributed by atoms with van der Waals surface area (Å²) >= 11 is 0. The Kier molecular flexibility index (Phi) is 5.97. The summed E-state index contributed by atoms with van der Waals surface area (Å²) in [4.78, 5) is 28.1. The molecule has 1 aliphatic heterocycles. The molecule has 8 heteroatoms. The molecular weight excluding hydrogens is 476 g/mol. The van der Waals surface area contributed by atoms with Gasteiger partial charge in [0.05, 0.1) is 40.4 Å². The summed E-state index contributed by atoms with van der Waals surface area (Å²) in [5.41, 5.74) is 3.39. The van der Waals surface area contributed by atoms with E-state index in [0.717, 1.165) is 16.7 Å². The number of hydrogen-bond acceptors (Lipinski definition) is 5. The molecule has 7 nitrogen and oxygen atoms in total. The second-order valence-electron chi connectivity index (χ2n) is 8.77. The molecule has 0 fully saturated rings. The van der Waals surface area contributed by atoms with Crippen LogP contribution < -0.4 is 10.2 Å². The van der Waals surface area contributed by atoms with Crippen LogP contribution in [0.3, 0.4) is 0 Å². The predicted molar refractivity (Wildman–Crippen MR) is 135 cm³/mol. The maximum Gasteiger partial charge on any atom is 0.259 e. The minimum absolute atomic E-state index is 0.0197. The Morgan fingerprint density at radius 2 is 1.75 bits per heavy atom. The Morgan fingerprint density at radius 3 is 2.53 bits per heavy atom. The average molecular weight is 501 g/mol. The Hall–Kier alpha value is -4.17. The smallest absolute Gasteiger partial charge is 0.259 e. The lowest BCUT2D eigenvalue weighted by Gasteiger charge is -2.24. The summed E-state index contributed by atoms with van der Waals surface area (Å²) in [7, 11) is -4.01. The number of fused-ring (bicyclic) bond motifs is 2. The second-order valence-corrected chi connectivity index (χ2v) is 10.7. The number of hydrogen-bond donors (Lipinski definition) is 1. The molecule has 1 aliphatic rings. The average Bonchev–Trinajstić information content (AvgIpc) is 3.39. The van der Waals surface area contributed by atoms with Crippen molar-refractivity contribution in [1.29, 1.82) is 0 Å². The first-order valence-electron chi connectivity index (χ1n) is 11.4. The van der Waals surface area contributed by atoms with Crippen molar-refractivity contribution < 1.29 is 22.4 Å². The number of rotatable bonds is 5. The van der Waals surface area contributed by atoms with Gasteiger partial charge >= 0.3 is 0 Å². The van der Waals surface area contributed by atoms with Crippen molar-refractivity contribution in [1.82, 2.24) is 5.32 Å². The topological polar surface area (TPSA) is 96.7 Å². The number of benzene rings is 3. The number of carbonyl (C=O) groups is 2. The van der Waals surface area contributed by atoms with E-state index in [1.807, 2.05) is 32.0 Å². The summed E-state index contributed by atoms with van der Waals surface area (Å²) in [6.45, 7) is 4.24. The number of carbonyl (C=O) groups excluding carboxylic acids is 2. The molecule has 4 aromatic rings. The summed E-state index contributed by atoms with van der Waals surface area (Å²) in [5.74, 6) is -0.266. The highest BCUT2D eigenvalue weighted by atomic mass is 32.2. The first-order chi connectivity index (χ1) is 17.3. The highest BCUT2D eigenvalue weighted by Gasteiger charge is 2.36. The van der Waals surface area contributed by atoms with Gasteiger partial charge in [-0.3, -0.25) is 9.59 Å². The fourth-order valence-electron chi connectivity index (χ4n) is 4.33. The third-order valence-corrected chi connectivity index (χ3v) is 8.15. The third kappa shape index (κ3) is 4.20. The van der Waals surface area contributed by atoms with Crippen LogP contribution in [0.25, 0.3) is 0 Å². The fourth-order valence-corrected chi connectivity index (χ4v) is 5.96. The molecule has 1 N–H and O–H groups in total. The molecule has 0 aliphatic carbocycles. The van der Waals surface area contributed by atoms with E-state index < -0.39 is 21.7 Å². The number of nitrogens with zero attached hydrogens (tertiary/aromatic N) is 1. The lowest BCUT2D eigenvalue weighted by Crippen LogP contribution is -2.31. The fraction of sp³-hybridized carbons (Fsp3) is 0.143. The van der Waals surface area contributed by atoms with Gasteiger partial charge in [0.25, 0.3) is 11.8 Å². The van der Waals surface area contributed by atoms with Gasteiger partial charge in [0.1, 0.15) is 5.76 Å². The molecule has 5 rings (SSSR count). The maximum absolute atomic E-state index is 13.8. The van der Waals surface area contributed by atoms with Crippen LogP contribution in [0.2, 0.25) is 0 Å². The Balaban J connectivity index is 1.63. The van der Waals surface area contributed by atoms with Crippen molar-refractivity contribution in [3.05, 3.63) is 113 Å². The molecule has 0 saturated heterocycles. The van der Waals surface area contributed by atoms with Crippen LogP contribution in [0.5, 0.6) is 0 Å². The monoisotopic (exact) mass is 500 g/mol. The lowest BCUT2D eigenvalue weighted by molar-refractivity contribution is 0.0945. The largest absolute Gasteiger partial charge is 0.467 e. The number of nitrogens with one attached hydrogen (secondary N) is 1. The Morgan fingerprint density at radius 1 is 0.944 bits per heavy atom. The van der Waals surface area contributed by atoms with Crippen LogP contribution in [-0.4, -0.2) is 20.2 Å². The highest BCUT2D eigenvalue weighted by molar-refractivity contribution is 7.91. The van der Waals surface area contributed by atoms with Crippen LogP contribution in [0.4, 0.5) is 5.69 Å². The lowest BCUT2D eigenvalue weighted by atomic mass is 10.0. The number of sulfone groups is 1. The zero-order valence-corrected chi connectivity index (χ0v) is 20.6. The molecule has 3 aromatic carbocycles. The maximum atomic E-state index is 13.8. The van der Waals surface area contributed by atoms with Crippen LogP contribution in [0.1, 0.15) is 43.2 Å². The Labute approximate surface area is 209 Å². The molecular formula is C28H24N2O5S. The van der Waals surface area contributed by atoms with Gasteiger partial charge in [-0.25, -0.2) is 8.42 Å². The van der Waals surface area contributed by atoms with Crippen molar-refractivity contribution in [2.24, 2.45) is 0 Å². The standard InChI is InChI=1S/C28H24N2O5S/c1-18-9-10-19(2)21(14-18)17-30-24-15-20(27(31)29-16-22-6-5-13-35-22)11-12-26(24)36(33,34)25-8-4-3-7-23(25)28(30)32/h3-15H,16-17H2,1-2H3,(H,29,31). The van der Waals surface area contributed by atoms with E-state index in [-0.39, 0.29) is 39.7 Å². The minimum atomic E-state index is -4.01. The van der Waals surface area contributed by atoms with E-state index in [0.29, 0.717) is 5.76 Å². The van der Waals surface area contributed by atoms with Crippen molar-refractivity contribution in [2.75, 3.05) is 4.90 Å². The van der Waals surface area contributed by atoms with Gasteiger partial charge in [0.2, 0.25) is 9.84 Å². The van der Waals surface area contributed by atoms with Crippen LogP contribution in [0.15, 0.2) is 93.3 Å². The van der Waals surface area contributed by atoms with Gasteiger partial charge in [-0.1, -0.05) is 35.9 Å². The van der Waals surface area contributed by atoms with Gasteiger partial charge < -0.3 is 14.6 Å². The minimum Gasteiger partial charge on any atom is -0.467 e. The molecule has 0 atom stereocenters. The van der Waals surface area contributed by atoms with E-state index >= 15 is 0 Å². The third-order valence-electron chi connectivity index (χ3n) is 6.29. The van der Waals surface area contributed by atoms with Crippen LogP contribution in [-0.2, 0) is 22.9 Å². The summed E-state index contributed by atoms with van der Waals surface area (Å²) < 4.78 is 32.6. The normalized spacial score (nSPS) is 14.1. The summed E-state index contributed by atoms with van der Waals surface area (Å²) in [5, 5.41) is 2.77. The molecule has 36 heavy (non-hydrogen) atoms. The molecule has 0 bridgehead atoms. The highest BCUT2D eigenvalue weighted by Crippen LogP contribution is 2.38. The molecule has 2 amide bonds. The molecule has 0 unspecified atom stereocenters. The van der Waals surface area contributed by atoms with E-state index in [9.17, 15) is 18.0 Å². The molecule has 2 heterocycles. The van der Waals surface area contributed by atoms with E-state index in [2.05, 4.69) is 5.32 Å². The quantitative estimate of drug-likeness (QED) is 0.424. The van der Waals surface area contributed by atoms with E-state index in [1.165, 1.54) is 41.5 Å². The number of furan rings is 1. The number of anilines is 1. The van der Waals surface area contributed by atoms with Gasteiger partial charge in [-0.05, 0) is 67.4 Å². The van der Waals surface area contributed by atoms with Crippen LogP contribution >= 0.6 is 0 Å². The summed E-state index contributed by atoms with van der Waals surface area (Å²) in [6, 6.07) is 19.9. The molecule has 1 aromatic heterocycles. The predicted octanol–water partition coefficient (Wildman–Crippen LogP) is 4.82. The van der Waals surface area contributed by atoms with Gasteiger partial charge in [-0.15, -0.1) is 0 Å². The van der Waals surface area contributed by atoms with Gasteiger partial charge in [-0.2, -0.15) is 0 Å². The van der Waals surface area contributed by atoms with Gasteiger partial charge in [0.15, 0.2) is 0 Å². The molecule has 0 radical (unpaired) electrons. The van der Waals surface area contributed by atoms with Gasteiger partial charge in [0, 0.05) is 5.56 Å². The first kappa shape index (κ1) is 23.6.